The summed E-state index contributed by atoms with van der Waals surface area (Å²) in [6.07, 6.45) is 4.66. The smallest absolute Gasteiger partial charge is 0.236 e. The van der Waals surface area contributed by atoms with Gasteiger partial charge in [-0.15, -0.1) is 0 Å². The van der Waals surface area contributed by atoms with Gasteiger partial charge in [0.1, 0.15) is 5.75 Å². The molecule has 2 aliphatic heterocycles. The van der Waals surface area contributed by atoms with Gasteiger partial charge >= 0.3 is 0 Å². The quantitative estimate of drug-likeness (QED) is 0.616. The van der Waals surface area contributed by atoms with Gasteiger partial charge < -0.3 is 9.64 Å². The number of ether oxygens (including phenoxy) is 1. The maximum atomic E-state index is 13.0. The first-order chi connectivity index (χ1) is 16.0. The van der Waals surface area contributed by atoms with Gasteiger partial charge in [0.15, 0.2) is 0 Å². The van der Waals surface area contributed by atoms with Crippen molar-refractivity contribution in [3.05, 3.63) is 71.6 Å². The highest BCUT2D eigenvalue weighted by molar-refractivity contribution is 7.92. The third-order valence-corrected chi connectivity index (χ3v) is 8.12. The van der Waals surface area contributed by atoms with E-state index in [0.717, 1.165) is 37.2 Å². The Balaban J connectivity index is 1.21. The van der Waals surface area contributed by atoms with Crippen molar-refractivity contribution in [2.75, 3.05) is 32.8 Å². The van der Waals surface area contributed by atoms with E-state index < -0.39 is 10.0 Å². The number of nitrogens with zero attached hydrogens (tertiary/aromatic N) is 2. The molecule has 4 rings (SSSR count). The van der Waals surface area contributed by atoms with E-state index in [1.54, 1.807) is 6.08 Å². The average molecular weight is 469 g/mol. The second kappa shape index (κ2) is 11.0. The van der Waals surface area contributed by atoms with E-state index in [4.69, 9.17) is 4.74 Å². The molecule has 0 N–H and O–H groups in total. The zero-order valence-electron chi connectivity index (χ0n) is 18.9. The summed E-state index contributed by atoms with van der Waals surface area (Å²) in [4.78, 5) is 15.0. The van der Waals surface area contributed by atoms with E-state index in [-0.39, 0.29) is 11.8 Å². The fourth-order valence-electron chi connectivity index (χ4n) is 4.48. The lowest BCUT2D eigenvalue weighted by atomic mass is 9.93. The highest BCUT2D eigenvalue weighted by atomic mass is 32.2. The van der Waals surface area contributed by atoms with Gasteiger partial charge in [0, 0.05) is 37.5 Å². The number of hydrogen-bond donors (Lipinski definition) is 0. The van der Waals surface area contributed by atoms with Crippen molar-refractivity contribution in [2.24, 2.45) is 11.8 Å². The number of carbonyl (C=O) groups is 1. The van der Waals surface area contributed by atoms with E-state index >= 15 is 0 Å². The summed E-state index contributed by atoms with van der Waals surface area (Å²) in [5.41, 5.74) is 0.851. The number of likely N-dealkylation sites (tertiary alicyclic amines) is 1. The Morgan fingerprint density at radius 2 is 1.48 bits per heavy atom. The van der Waals surface area contributed by atoms with Gasteiger partial charge in [0.25, 0.3) is 0 Å². The van der Waals surface area contributed by atoms with Crippen LogP contribution in [0, 0.1) is 11.8 Å². The summed E-state index contributed by atoms with van der Waals surface area (Å²) in [5, 5.41) is 1.27. The van der Waals surface area contributed by atoms with Gasteiger partial charge in [0.05, 0.1) is 6.61 Å². The van der Waals surface area contributed by atoms with E-state index in [1.807, 2.05) is 65.6 Å². The third kappa shape index (κ3) is 6.45. The summed E-state index contributed by atoms with van der Waals surface area (Å²) in [6, 6.07) is 19.2. The molecule has 0 aliphatic carbocycles. The number of rotatable bonds is 7. The monoisotopic (exact) mass is 468 g/mol. The maximum Gasteiger partial charge on any atom is 0.236 e. The Morgan fingerprint density at radius 1 is 0.879 bits per heavy atom. The van der Waals surface area contributed by atoms with Crippen LogP contribution < -0.4 is 4.74 Å². The molecule has 2 aromatic rings. The molecular formula is C26H32N2O4S. The molecule has 0 bridgehead atoms. The minimum Gasteiger partial charge on any atom is -0.493 e. The Kier molecular flexibility index (Phi) is 7.83. The van der Waals surface area contributed by atoms with E-state index in [2.05, 4.69) is 0 Å². The molecule has 1 amide bonds. The van der Waals surface area contributed by atoms with Crippen LogP contribution in [0.15, 0.2) is 66.1 Å². The zero-order chi connectivity index (χ0) is 23.1. The number of para-hydroxylation sites is 1. The molecule has 0 saturated carbocycles. The van der Waals surface area contributed by atoms with Crippen LogP contribution >= 0.6 is 0 Å². The van der Waals surface area contributed by atoms with Crippen molar-refractivity contribution >= 4 is 22.0 Å². The van der Waals surface area contributed by atoms with Gasteiger partial charge in [-0.25, -0.2) is 8.42 Å². The molecule has 0 spiro atoms. The van der Waals surface area contributed by atoms with Gasteiger partial charge in [-0.05, 0) is 55.4 Å². The van der Waals surface area contributed by atoms with Gasteiger partial charge in [-0.2, -0.15) is 4.31 Å². The molecule has 2 fully saturated rings. The predicted octanol–water partition coefficient (Wildman–Crippen LogP) is 4.02. The molecule has 0 aromatic heterocycles. The molecule has 0 atom stereocenters. The minimum atomic E-state index is -3.48. The van der Waals surface area contributed by atoms with Crippen molar-refractivity contribution in [3.63, 3.8) is 0 Å². The Labute approximate surface area is 196 Å². The number of benzene rings is 2. The molecule has 0 radical (unpaired) electrons. The largest absolute Gasteiger partial charge is 0.493 e. The first-order valence-corrected chi connectivity index (χ1v) is 13.2. The fourth-order valence-corrected chi connectivity index (χ4v) is 5.70. The number of piperidine rings is 2. The lowest BCUT2D eigenvalue weighted by molar-refractivity contribution is -0.138. The molecule has 0 unspecified atom stereocenters. The first-order valence-electron chi connectivity index (χ1n) is 11.7. The normalized spacial score (nSPS) is 19.1. The van der Waals surface area contributed by atoms with Crippen molar-refractivity contribution in [2.45, 2.75) is 25.7 Å². The van der Waals surface area contributed by atoms with Crippen LogP contribution in [-0.4, -0.2) is 56.3 Å². The van der Waals surface area contributed by atoms with Crippen molar-refractivity contribution in [1.29, 1.82) is 0 Å². The fraction of sp³-hybridized carbons (Fsp3) is 0.423. The van der Waals surface area contributed by atoms with Gasteiger partial charge in [-0.3, -0.25) is 4.79 Å². The second-order valence-corrected chi connectivity index (χ2v) is 10.6. The molecule has 2 aromatic carbocycles. The molecule has 176 valence electrons. The second-order valence-electron chi connectivity index (χ2n) is 8.82. The van der Waals surface area contributed by atoms with E-state index in [0.29, 0.717) is 38.5 Å². The molecular weight excluding hydrogens is 436 g/mol. The Bertz CT molecular complexity index is 1020. The molecule has 6 nitrogen and oxygen atoms in total. The number of amides is 1. The van der Waals surface area contributed by atoms with Crippen LogP contribution in [0.2, 0.25) is 0 Å². The number of carbonyl (C=O) groups excluding carboxylic acids is 1. The third-order valence-electron chi connectivity index (χ3n) is 6.55. The summed E-state index contributed by atoms with van der Waals surface area (Å²) in [6.45, 7) is 2.96. The van der Waals surface area contributed by atoms with Crippen molar-refractivity contribution < 1.29 is 17.9 Å². The topological polar surface area (TPSA) is 66.9 Å². The highest BCUT2D eigenvalue weighted by Gasteiger charge is 2.33. The summed E-state index contributed by atoms with van der Waals surface area (Å²) < 4.78 is 32.7. The van der Waals surface area contributed by atoms with Crippen LogP contribution in [0.3, 0.4) is 0 Å². The van der Waals surface area contributed by atoms with Crippen molar-refractivity contribution in [1.82, 2.24) is 9.21 Å². The van der Waals surface area contributed by atoms with E-state index in [1.165, 1.54) is 9.71 Å². The summed E-state index contributed by atoms with van der Waals surface area (Å²) in [5.74, 6) is 1.43. The first kappa shape index (κ1) is 23.5. The SMILES string of the molecule is O=C(C1CCN(S(=O)(=O)/C=C/c2ccccc2)CC1)N1CCC(COc2ccccc2)CC1. The molecule has 2 heterocycles. The standard InChI is InChI=1S/C26H32N2O4S/c29-26(27-16-11-23(12-17-27)21-32-25-9-5-2-6-10-25)24-13-18-28(19-14-24)33(30,31)20-15-22-7-3-1-4-8-22/h1-10,15,20,23-24H,11-14,16-19,21H2/b20-15+. The minimum absolute atomic E-state index is 0.0910. The van der Waals surface area contributed by atoms with Crippen molar-refractivity contribution in [3.8, 4) is 5.75 Å². The molecule has 2 aliphatic rings. The van der Waals surface area contributed by atoms with E-state index in [9.17, 15) is 13.2 Å². The maximum absolute atomic E-state index is 13.0. The number of hydrogen-bond acceptors (Lipinski definition) is 4. The van der Waals surface area contributed by atoms with Crippen LogP contribution in [0.25, 0.3) is 6.08 Å². The number of sulfonamides is 1. The zero-order valence-corrected chi connectivity index (χ0v) is 19.7. The van der Waals surface area contributed by atoms with Crippen LogP contribution in [0.5, 0.6) is 5.75 Å². The molecule has 7 heteroatoms. The highest BCUT2D eigenvalue weighted by Crippen LogP contribution is 2.26. The van der Waals surface area contributed by atoms with Crippen LogP contribution in [0.4, 0.5) is 0 Å². The average Bonchev–Trinajstić information content (AvgIpc) is 2.87. The summed E-state index contributed by atoms with van der Waals surface area (Å²) in [7, 11) is -3.48. The predicted molar refractivity (Wildman–Crippen MR) is 130 cm³/mol. The lowest BCUT2D eigenvalue weighted by Crippen LogP contribution is -2.46. The molecule has 2 saturated heterocycles. The van der Waals surface area contributed by atoms with Gasteiger partial charge in [-0.1, -0.05) is 48.5 Å². The molecule has 33 heavy (non-hydrogen) atoms. The Hall–Kier alpha value is -2.64. The Morgan fingerprint density at radius 3 is 2.12 bits per heavy atom. The summed E-state index contributed by atoms with van der Waals surface area (Å²) >= 11 is 0. The van der Waals surface area contributed by atoms with Crippen LogP contribution in [-0.2, 0) is 14.8 Å². The lowest BCUT2D eigenvalue weighted by Gasteiger charge is -2.36. The van der Waals surface area contributed by atoms with Gasteiger partial charge in [0.2, 0.25) is 15.9 Å². The van der Waals surface area contributed by atoms with Crippen LogP contribution in [0.1, 0.15) is 31.2 Å².